The van der Waals surface area contributed by atoms with Gasteiger partial charge in [0.1, 0.15) is 6.23 Å². The van der Waals surface area contributed by atoms with Gasteiger partial charge in [0.2, 0.25) is 0 Å². The molecule has 0 aliphatic rings. The van der Waals surface area contributed by atoms with Crippen molar-refractivity contribution in [2.45, 2.75) is 13.2 Å². The largest absolute Gasteiger partial charge is 0.374 e. The van der Waals surface area contributed by atoms with Crippen molar-refractivity contribution in [1.29, 1.82) is 0 Å². The molecule has 0 spiro atoms. The summed E-state index contributed by atoms with van der Waals surface area (Å²) in [5.74, 6) is 0. The number of halogens is 1. The third-order valence-corrected chi connectivity index (χ3v) is 1.67. The van der Waals surface area contributed by atoms with Crippen LogP contribution < -0.4 is 5.32 Å². The average molecular weight is 264 g/mol. The molecular formula is C7H9IN2O. The summed E-state index contributed by atoms with van der Waals surface area (Å²) in [5.41, 5.74) is 0.840. The first kappa shape index (κ1) is 8.73. The Hall–Kier alpha value is -0.360. The number of hydrogen-bond donors (Lipinski definition) is 2. The number of aliphatic hydroxyl groups excluding tert-OH is 1. The minimum atomic E-state index is -0.532. The highest BCUT2D eigenvalue weighted by Crippen LogP contribution is 2.10. The van der Waals surface area contributed by atoms with E-state index >= 15 is 0 Å². The van der Waals surface area contributed by atoms with E-state index in [9.17, 15) is 0 Å². The first-order valence-electron chi connectivity index (χ1n) is 3.23. The molecule has 0 bridgehead atoms. The third-order valence-electron chi connectivity index (χ3n) is 1.08. The van der Waals surface area contributed by atoms with Crippen LogP contribution >= 0.6 is 22.6 Å². The van der Waals surface area contributed by atoms with Crippen molar-refractivity contribution in [3.05, 3.63) is 22.0 Å². The first-order chi connectivity index (χ1) is 5.18. The van der Waals surface area contributed by atoms with Crippen molar-refractivity contribution in [1.82, 2.24) is 4.98 Å². The fourth-order valence-corrected chi connectivity index (χ4v) is 1.23. The van der Waals surface area contributed by atoms with Gasteiger partial charge in [-0.3, -0.25) is 4.98 Å². The first-order valence-corrected chi connectivity index (χ1v) is 4.31. The van der Waals surface area contributed by atoms with Gasteiger partial charge in [0.15, 0.2) is 0 Å². The Morgan fingerprint density at radius 1 is 1.64 bits per heavy atom. The second-order valence-corrected chi connectivity index (χ2v) is 3.46. The summed E-state index contributed by atoms with van der Waals surface area (Å²) < 4.78 is 1.05. The van der Waals surface area contributed by atoms with Crippen molar-refractivity contribution in [3.63, 3.8) is 0 Å². The molecule has 0 aromatic carbocycles. The molecule has 1 aromatic heterocycles. The smallest absolute Gasteiger partial charge is 0.121 e. The maximum absolute atomic E-state index is 8.96. The molecule has 1 aromatic rings. The highest BCUT2D eigenvalue weighted by Gasteiger charge is 1.95. The van der Waals surface area contributed by atoms with Crippen LogP contribution in [0.2, 0.25) is 0 Å². The predicted octanol–water partition coefficient (Wildman–Crippen LogP) is 1.44. The van der Waals surface area contributed by atoms with Crippen LogP contribution in [0.3, 0.4) is 0 Å². The zero-order chi connectivity index (χ0) is 8.27. The molecule has 1 atom stereocenters. The van der Waals surface area contributed by atoms with Crippen LogP contribution in [0.4, 0.5) is 5.69 Å². The van der Waals surface area contributed by atoms with Gasteiger partial charge in [-0.1, -0.05) is 0 Å². The maximum atomic E-state index is 8.96. The van der Waals surface area contributed by atoms with Crippen molar-refractivity contribution in [2.24, 2.45) is 0 Å². The standard InChI is InChI=1S/C7H9IN2O/c1-5(11)10-7-2-6(8)3-9-4-7/h2-5,10-11H,1H3. The molecule has 0 saturated heterocycles. The number of rotatable bonds is 2. The second kappa shape index (κ2) is 3.87. The lowest BCUT2D eigenvalue weighted by Gasteiger charge is -2.07. The molecule has 11 heavy (non-hydrogen) atoms. The summed E-state index contributed by atoms with van der Waals surface area (Å²) in [6.07, 6.45) is 2.90. The van der Waals surface area contributed by atoms with Crippen molar-refractivity contribution in [2.75, 3.05) is 5.32 Å². The van der Waals surface area contributed by atoms with E-state index in [1.54, 1.807) is 19.3 Å². The normalized spacial score (nSPS) is 12.6. The lowest BCUT2D eigenvalue weighted by Crippen LogP contribution is -2.13. The van der Waals surface area contributed by atoms with Gasteiger partial charge >= 0.3 is 0 Å². The van der Waals surface area contributed by atoms with Gasteiger partial charge in [-0.15, -0.1) is 0 Å². The summed E-state index contributed by atoms with van der Waals surface area (Å²) in [5, 5.41) is 11.8. The van der Waals surface area contributed by atoms with Gasteiger partial charge in [-0.25, -0.2) is 0 Å². The highest BCUT2D eigenvalue weighted by molar-refractivity contribution is 14.1. The van der Waals surface area contributed by atoms with Crippen LogP contribution in [0.25, 0.3) is 0 Å². The van der Waals surface area contributed by atoms with Crippen LogP contribution in [-0.2, 0) is 0 Å². The van der Waals surface area contributed by atoms with E-state index in [2.05, 4.69) is 32.9 Å². The molecule has 2 N–H and O–H groups in total. The number of anilines is 1. The summed E-state index contributed by atoms with van der Waals surface area (Å²) in [6, 6.07) is 1.92. The average Bonchev–Trinajstić information content (AvgIpc) is 1.85. The van der Waals surface area contributed by atoms with E-state index in [0.29, 0.717) is 0 Å². The Kier molecular flexibility index (Phi) is 3.07. The SMILES string of the molecule is CC(O)Nc1cncc(I)c1. The molecule has 0 fully saturated rings. The van der Waals surface area contributed by atoms with Gasteiger partial charge in [0.25, 0.3) is 0 Å². The van der Waals surface area contributed by atoms with Gasteiger partial charge < -0.3 is 10.4 Å². The van der Waals surface area contributed by atoms with E-state index in [0.717, 1.165) is 9.26 Å². The maximum Gasteiger partial charge on any atom is 0.121 e. The lowest BCUT2D eigenvalue weighted by atomic mass is 10.4. The molecule has 3 nitrogen and oxygen atoms in total. The Balaban J connectivity index is 2.71. The summed E-state index contributed by atoms with van der Waals surface area (Å²) in [7, 11) is 0. The summed E-state index contributed by atoms with van der Waals surface area (Å²) >= 11 is 2.17. The minimum absolute atomic E-state index is 0.532. The highest BCUT2D eigenvalue weighted by atomic mass is 127. The summed E-state index contributed by atoms with van der Waals surface area (Å²) in [6.45, 7) is 1.67. The van der Waals surface area contributed by atoms with E-state index in [1.165, 1.54) is 0 Å². The molecule has 0 aliphatic heterocycles. The molecule has 4 heteroatoms. The van der Waals surface area contributed by atoms with E-state index in [4.69, 9.17) is 5.11 Å². The van der Waals surface area contributed by atoms with Gasteiger partial charge in [-0.2, -0.15) is 0 Å². The van der Waals surface area contributed by atoms with Gasteiger partial charge in [-0.05, 0) is 35.6 Å². The zero-order valence-electron chi connectivity index (χ0n) is 6.08. The zero-order valence-corrected chi connectivity index (χ0v) is 8.24. The Morgan fingerprint density at radius 2 is 2.36 bits per heavy atom. The molecule has 1 heterocycles. The molecule has 0 radical (unpaired) electrons. The van der Waals surface area contributed by atoms with Crippen LogP contribution in [-0.4, -0.2) is 16.3 Å². The topological polar surface area (TPSA) is 45.1 Å². The summed E-state index contributed by atoms with van der Waals surface area (Å²) in [4.78, 5) is 3.96. The van der Waals surface area contributed by atoms with Crippen LogP contribution in [0, 0.1) is 3.57 Å². The number of hydrogen-bond acceptors (Lipinski definition) is 3. The number of aliphatic hydroxyl groups is 1. The van der Waals surface area contributed by atoms with Gasteiger partial charge in [0, 0.05) is 9.77 Å². The van der Waals surface area contributed by atoms with E-state index in [-0.39, 0.29) is 0 Å². The Labute approximate surface area is 79.0 Å². The van der Waals surface area contributed by atoms with E-state index in [1.807, 2.05) is 6.07 Å². The minimum Gasteiger partial charge on any atom is -0.374 e. The number of nitrogens with zero attached hydrogens (tertiary/aromatic N) is 1. The molecule has 0 amide bonds. The fourth-order valence-electron chi connectivity index (χ4n) is 0.732. The van der Waals surface area contributed by atoms with Crippen molar-refractivity contribution in [3.8, 4) is 0 Å². The Morgan fingerprint density at radius 3 is 2.91 bits per heavy atom. The third kappa shape index (κ3) is 3.02. The van der Waals surface area contributed by atoms with Gasteiger partial charge in [0.05, 0.1) is 11.9 Å². The van der Waals surface area contributed by atoms with Crippen molar-refractivity contribution >= 4 is 28.3 Å². The van der Waals surface area contributed by atoms with Crippen LogP contribution in [0.1, 0.15) is 6.92 Å². The quantitative estimate of drug-likeness (QED) is 0.627. The monoisotopic (exact) mass is 264 g/mol. The molecule has 0 aliphatic carbocycles. The Bertz CT molecular complexity index is 240. The molecule has 1 rings (SSSR count). The number of pyridine rings is 1. The lowest BCUT2D eigenvalue weighted by molar-refractivity contribution is 0.224. The predicted molar refractivity (Wildman–Crippen MR) is 52.3 cm³/mol. The molecule has 0 saturated carbocycles. The van der Waals surface area contributed by atoms with Crippen molar-refractivity contribution < 1.29 is 5.11 Å². The second-order valence-electron chi connectivity index (χ2n) is 2.21. The fraction of sp³-hybridized carbons (Fsp3) is 0.286. The molecule has 1 unspecified atom stereocenters. The van der Waals surface area contributed by atoms with E-state index < -0.39 is 6.23 Å². The van der Waals surface area contributed by atoms with Crippen LogP contribution in [0.5, 0.6) is 0 Å². The molecule has 60 valence electrons. The number of aromatic nitrogens is 1. The number of nitrogens with one attached hydrogen (secondary N) is 1. The van der Waals surface area contributed by atoms with Crippen LogP contribution in [0.15, 0.2) is 18.5 Å². The molecular weight excluding hydrogens is 255 g/mol.